The standard InChI is InChI=1S/C18H24N2O4/c1-12(2)9-10-19-16(21)11-13(3)17(22)20-15-7-5-14(6-8-15)18(23)24-4/h5-8,11-12H,9-10H2,1-4H3,(H,19,21)(H,20,22)/b13-11+. The van der Waals surface area contributed by atoms with Crippen LogP contribution in [0.1, 0.15) is 37.6 Å². The summed E-state index contributed by atoms with van der Waals surface area (Å²) < 4.78 is 4.61. The molecule has 0 atom stereocenters. The molecule has 130 valence electrons. The smallest absolute Gasteiger partial charge is 0.337 e. The predicted molar refractivity (Wildman–Crippen MR) is 92.6 cm³/mol. The molecule has 0 radical (unpaired) electrons. The summed E-state index contributed by atoms with van der Waals surface area (Å²) in [6.45, 7) is 6.30. The maximum absolute atomic E-state index is 12.1. The van der Waals surface area contributed by atoms with Crippen LogP contribution < -0.4 is 10.6 Å². The molecule has 0 aliphatic carbocycles. The van der Waals surface area contributed by atoms with Gasteiger partial charge in [-0.2, -0.15) is 0 Å². The average Bonchev–Trinajstić information content (AvgIpc) is 2.54. The van der Waals surface area contributed by atoms with E-state index in [2.05, 4.69) is 29.2 Å². The first kappa shape index (κ1) is 19.4. The van der Waals surface area contributed by atoms with Crippen molar-refractivity contribution < 1.29 is 19.1 Å². The van der Waals surface area contributed by atoms with Gasteiger partial charge in [0.25, 0.3) is 5.91 Å². The number of ether oxygens (including phenoxy) is 1. The first-order chi connectivity index (χ1) is 11.3. The second-order valence-electron chi connectivity index (χ2n) is 5.82. The quantitative estimate of drug-likeness (QED) is 0.593. The van der Waals surface area contributed by atoms with E-state index in [1.54, 1.807) is 31.2 Å². The second kappa shape index (κ2) is 9.50. The number of hydrogen-bond acceptors (Lipinski definition) is 4. The fraction of sp³-hybridized carbons (Fsp3) is 0.389. The topological polar surface area (TPSA) is 84.5 Å². The van der Waals surface area contributed by atoms with Gasteiger partial charge in [-0.05, 0) is 43.5 Å². The summed E-state index contributed by atoms with van der Waals surface area (Å²) >= 11 is 0. The summed E-state index contributed by atoms with van der Waals surface area (Å²) in [4.78, 5) is 35.1. The third-order valence-corrected chi connectivity index (χ3v) is 3.29. The van der Waals surface area contributed by atoms with Crippen LogP contribution in [0.4, 0.5) is 5.69 Å². The van der Waals surface area contributed by atoms with Crippen molar-refractivity contribution in [1.29, 1.82) is 0 Å². The molecule has 6 nitrogen and oxygen atoms in total. The Morgan fingerprint density at radius 2 is 1.79 bits per heavy atom. The van der Waals surface area contributed by atoms with Crippen molar-refractivity contribution in [2.45, 2.75) is 27.2 Å². The Balaban J connectivity index is 2.58. The van der Waals surface area contributed by atoms with E-state index in [1.165, 1.54) is 13.2 Å². The van der Waals surface area contributed by atoms with Gasteiger partial charge in [0.1, 0.15) is 0 Å². The largest absolute Gasteiger partial charge is 0.465 e. The molecule has 2 N–H and O–H groups in total. The van der Waals surface area contributed by atoms with Crippen LogP contribution in [-0.4, -0.2) is 31.4 Å². The molecule has 0 aliphatic heterocycles. The molecule has 0 bridgehead atoms. The zero-order valence-corrected chi connectivity index (χ0v) is 14.5. The summed E-state index contributed by atoms with van der Waals surface area (Å²) in [5.74, 6) is -0.599. The third kappa shape index (κ3) is 6.64. The van der Waals surface area contributed by atoms with Crippen molar-refractivity contribution in [3.05, 3.63) is 41.5 Å². The minimum Gasteiger partial charge on any atom is -0.465 e. The molecule has 0 heterocycles. The number of rotatable bonds is 7. The normalized spacial score (nSPS) is 11.1. The molecule has 0 aliphatic rings. The molecule has 0 saturated carbocycles. The Morgan fingerprint density at radius 3 is 2.33 bits per heavy atom. The van der Waals surface area contributed by atoms with E-state index in [9.17, 15) is 14.4 Å². The van der Waals surface area contributed by atoms with Crippen molar-refractivity contribution >= 4 is 23.5 Å². The zero-order chi connectivity index (χ0) is 18.1. The lowest BCUT2D eigenvalue weighted by Crippen LogP contribution is -2.24. The maximum atomic E-state index is 12.1. The molecule has 0 saturated heterocycles. The van der Waals surface area contributed by atoms with Gasteiger partial charge in [0, 0.05) is 23.9 Å². The number of nitrogens with one attached hydrogen (secondary N) is 2. The lowest BCUT2D eigenvalue weighted by molar-refractivity contribution is -0.117. The van der Waals surface area contributed by atoms with Crippen molar-refractivity contribution in [3.63, 3.8) is 0 Å². The predicted octanol–water partition coefficient (Wildman–Crippen LogP) is 2.52. The first-order valence-electron chi connectivity index (χ1n) is 7.79. The van der Waals surface area contributed by atoms with Crippen LogP contribution in [0.2, 0.25) is 0 Å². The summed E-state index contributed by atoms with van der Waals surface area (Å²) in [6, 6.07) is 6.30. The number of benzene rings is 1. The molecule has 1 aromatic rings. The number of anilines is 1. The lowest BCUT2D eigenvalue weighted by Gasteiger charge is -2.07. The fourth-order valence-electron chi connectivity index (χ4n) is 1.83. The van der Waals surface area contributed by atoms with Crippen LogP contribution in [0.15, 0.2) is 35.9 Å². The first-order valence-corrected chi connectivity index (χ1v) is 7.79. The molecule has 0 aromatic heterocycles. The third-order valence-electron chi connectivity index (χ3n) is 3.29. The number of carbonyl (C=O) groups is 3. The number of hydrogen-bond donors (Lipinski definition) is 2. The van der Waals surface area contributed by atoms with Crippen molar-refractivity contribution in [2.75, 3.05) is 19.0 Å². The Kier molecular flexibility index (Phi) is 7.68. The van der Waals surface area contributed by atoms with Gasteiger partial charge in [-0.25, -0.2) is 4.79 Å². The van der Waals surface area contributed by atoms with Gasteiger partial charge in [0.15, 0.2) is 0 Å². The number of carbonyl (C=O) groups excluding carboxylic acids is 3. The molecule has 24 heavy (non-hydrogen) atoms. The summed E-state index contributed by atoms with van der Waals surface area (Å²) in [5, 5.41) is 5.41. The van der Waals surface area contributed by atoms with E-state index in [0.717, 1.165) is 6.42 Å². The molecular formula is C18H24N2O4. The number of amides is 2. The van der Waals surface area contributed by atoms with Gasteiger partial charge >= 0.3 is 5.97 Å². The van der Waals surface area contributed by atoms with Crippen molar-refractivity contribution in [2.24, 2.45) is 5.92 Å². The molecule has 6 heteroatoms. The molecule has 0 unspecified atom stereocenters. The summed E-state index contributed by atoms with van der Waals surface area (Å²) in [7, 11) is 1.30. The van der Waals surface area contributed by atoms with Gasteiger partial charge in [0.2, 0.25) is 5.91 Å². The molecule has 0 fully saturated rings. The Morgan fingerprint density at radius 1 is 1.17 bits per heavy atom. The van der Waals surface area contributed by atoms with Crippen molar-refractivity contribution in [3.8, 4) is 0 Å². The van der Waals surface area contributed by atoms with E-state index in [0.29, 0.717) is 29.3 Å². The maximum Gasteiger partial charge on any atom is 0.337 e. The van der Waals surface area contributed by atoms with Crippen LogP contribution in [0.25, 0.3) is 0 Å². The zero-order valence-electron chi connectivity index (χ0n) is 14.5. The summed E-state index contributed by atoms with van der Waals surface area (Å²) in [6.07, 6.45) is 2.16. The Bertz CT molecular complexity index is 618. The number of esters is 1. The Hall–Kier alpha value is -2.63. The fourth-order valence-corrected chi connectivity index (χ4v) is 1.83. The van der Waals surface area contributed by atoms with E-state index in [1.807, 2.05) is 0 Å². The number of methoxy groups -OCH3 is 1. The molecule has 1 rings (SSSR count). The molecule has 2 amide bonds. The monoisotopic (exact) mass is 332 g/mol. The van der Waals surface area contributed by atoms with Crippen LogP contribution in [0, 0.1) is 5.92 Å². The van der Waals surface area contributed by atoms with Crippen LogP contribution >= 0.6 is 0 Å². The van der Waals surface area contributed by atoms with Gasteiger partial charge in [-0.15, -0.1) is 0 Å². The van der Waals surface area contributed by atoms with E-state index >= 15 is 0 Å². The SMILES string of the molecule is COC(=O)c1ccc(NC(=O)/C(C)=C/C(=O)NCCC(C)C)cc1. The summed E-state index contributed by atoms with van der Waals surface area (Å²) in [5.41, 5.74) is 1.22. The highest BCUT2D eigenvalue weighted by Gasteiger charge is 2.09. The van der Waals surface area contributed by atoms with Gasteiger partial charge in [-0.1, -0.05) is 13.8 Å². The van der Waals surface area contributed by atoms with Crippen LogP contribution in [0.3, 0.4) is 0 Å². The van der Waals surface area contributed by atoms with Gasteiger partial charge in [-0.3, -0.25) is 9.59 Å². The lowest BCUT2D eigenvalue weighted by atomic mass is 10.1. The van der Waals surface area contributed by atoms with Gasteiger partial charge in [0.05, 0.1) is 12.7 Å². The van der Waals surface area contributed by atoms with E-state index < -0.39 is 5.97 Å². The average molecular weight is 332 g/mol. The van der Waals surface area contributed by atoms with Crippen molar-refractivity contribution in [1.82, 2.24) is 5.32 Å². The highest BCUT2D eigenvalue weighted by molar-refractivity contribution is 6.07. The molecule has 1 aromatic carbocycles. The minimum absolute atomic E-state index is 0.288. The van der Waals surface area contributed by atoms with Crippen LogP contribution in [-0.2, 0) is 14.3 Å². The minimum atomic E-state index is -0.443. The van der Waals surface area contributed by atoms with Gasteiger partial charge < -0.3 is 15.4 Å². The molecular weight excluding hydrogens is 308 g/mol. The Labute approximate surface area is 142 Å². The van der Waals surface area contributed by atoms with Crippen LogP contribution in [0.5, 0.6) is 0 Å². The highest BCUT2D eigenvalue weighted by atomic mass is 16.5. The van der Waals surface area contributed by atoms with E-state index in [4.69, 9.17) is 0 Å². The van der Waals surface area contributed by atoms with E-state index in [-0.39, 0.29) is 11.8 Å². The molecule has 0 spiro atoms. The highest BCUT2D eigenvalue weighted by Crippen LogP contribution is 2.11. The second-order valence-corrected chi connectivity index (χ2v) is 5.82.